The highest BCUT2D eigenvalue weighted by atomic mass is 32.2. The number of carbonyl (C=O) groups excluding carboxylic acids is 1. The Bertz CT molecular complexity index is 685. The van der Waals surface area contributed by atoms with Crippen LogP contribution in [0, 0.1) is 0 Å². The second-order valence-electron chi connectivity index (χ2n) is 5.54. The first-order chi connectivity index (χ1) is 9.99. The Morgan fingerprint density at radius 2 is 1.64 bits per heavy atom. The van der Waals surface area contributed by atoms with Crippen molar-refractivity contribution in [2.24, 2.45) is 0 Å². The summed E-state index contributed by atoms with van der Waals surface area (Å²) in [5.41, 5.74) is -0.248. The van der Waals surface area contributed by atoms with E-state index in [1.165, 1.54) is 24.3 Å². The largest absolute Gasteiger partial charge is 0.478 e. The molecule has 0 aliphatic heterocycles. The number of carbonyl (C=O) groups is 2. The number of carboxylic acids is 1. The molecule has 22 heavy (non-hydrogen) atoms. The van der Waals surface area contributed by atoms with Gasteiger partial charge in [-0.15, -0.1) is 0 Å². The molecule has 1 amide bonds. The number of anilines is 1. The standard InChI is InChI=1S/C14H18N2O5S/c1-14(2,3)16-22(20,21)11-6-4-10(5-7-11)15-12(17)8-9-13(18)19/h4-9,16H,1-3H3,(H,15,17)(H,18,19)/b9-8+. The summed E-state index contributed by atoms with van der Waals surface area (Å²) in [5.74, 6) is -1.85. The molecule has 8 heteroatoms. The summed E-state index contributed by atoms with van der Waals surface area (Å²) in [6, 6.07) is 5.54. The van der Waals surface area contributed by atoms with Crippen LogP contribution in [-0.2, 0) is 19.6 Å². The Kier molecular flexibility index (Phi) is 5.45. The maximum absolute atomic E-state index is 12.1. The molecule has 7 nitrogen and oxygen atoms in total. The van der Waals surface area contributed by atoms with E-state index in [2.05, 4.69) is 10.0 Å². The molecule has 0 radical (unpaired) electrons. The first kappa shape index (κ1) is 17.9. The minimum absolute atomic E-state index is 0.0708. The molecule has 1 aromatic rings. The lowest BCUT2D eigenvalue weighted by atomic mass is 10.1. The Labute approximate surface area is 129 Å². The van der Waals surface area contributed by atoms with Gasteiger partial charge >= 0.3 is 5.97 Å². The first-order valence-electron chi connectivity index (χ1n) is 6.36. The molecule has 120 valence electrons. The molecular formula is C14H18N2O5S. The lowest BCUT2D eigenvalue weighted by Crippen LogP contribution is -2.40. The number of hydrogen-bond acceptors (Lipinski definition) is 4. The van der Waals surface area contributed by atoms with Crippen LogP contribution in [0.5, 0.6) is 0 Å². The van der Waals surface area contributed by atoms with E-state index in [0.717, 1.165) is 6.08 Å². The molecule has 0 unspecified atom stereocenters. The van der Waals surface area contributed by atoms with Crippen LogP contribution in [0.4, 0.5) is 5.69 Å². The first-order valence-corrected chi connectivity index (χ1v) is 7.84. The lowest BCUT2D eigenvalue weighted by Gasteiger charge is -2.20. The molecule has 0 aliphatic carbocycles. The van der Waals surface area contributed by atoms with Crippen LogP contribution in [-0.4, -0.2) is 30.9 Å². The lowest BCUT2D eigenvalue weighted by molar-refractivity contribution is -0.131. The van der Waals surface area contributed by atoms with Crippen molar-refractivity contribution < 1.29 is 23.1 Å². The highest BCUT2D eigenvalue weighted by Gasteiger charge is 2.21. The number of nitrogens with one attached hydrogen (secondary N) is 2. The third-order valence-corrected chi connectivity index (χ3v) is 4.02. The molecular weight excluding hydrogens is 308 g/mol. The highest BCUT2D eigenvalue weighted by Crippen LogP contribution is 2.16. The van der Waals surface area contributed by atoms with E-state index in [0.29, 0.717) is 11.8 Å². The molecule has 0 heterocycles. The Morgan fingerprint density at radius 1 is 1.09 bits per heavy atom. The smallest absolute Gasteiger partial charge is 0.328 e. The second kappa shape index (κ2) is 6.71. The van der Waals surface area contributed by atoms with Crippen molar-refractivity contribution in [3.05, 3.63) is 36.4 Å². The average molecular weight is 326 g/mol. The summed E-state index contributed by atoms with van der Waals surface area (Å²) in [7, 11) is -3.64. The van der Waals surface area contributed by atoms with Gasteiger partial charge in [0.25, 0.3) is 0 Å². The topological polar surface area (TPSA) is 113 Å². The van der Waals surface area contributed by atoms with E-state index in [1.807, 2.05) is 0 Å². The number of amides is 1. The van der Waals surface area contributed by atoms with Crippen LogP contribution < -0.4 is 10.0 Å². The maximum Gasteiger partial charge on any atom is 0.328 e. The van der Waals surface area contributed by atoms with Gasteiger partial charge in [-0.05, 0) is 45.0 Å². The van der Waals surface area contributed by atoms with Crippen molar-refractivity contribution in [3.63, 3.8) is 0 Å². The molecule has 0 bridgehead atoms. The SMILES string of the molecule is CC(C)(C)NS(=O)(=O)c1ccc(NC(=O)/C=C/C(=O)O)cc1. The monoisotopic (exact) mass is 326 g/mol. The fourth-order valence-corrected chi connectivity index (χ4v) is 2.93. The molecule has 0 atom stereocenters. The van der Waals surface area contributed by atoms with E-state index >= 15 is 0 Å². The van der Waals surface area contributed by atoms with Gasteiger partial charge in [-0.3, -0.25) is 4.79 Å². The number of hydrogen-bond donors (Lipinski definition) is 3. The summed E-state index contributed by atoms with van der Waals surface area (Å²) in [4.78, 5) is 21.8. The minimum Gasteiger partial charge on any atom is -0.478 e. The number of aliphatic carboxylic acids is 1. The predicted octanol–water partition coefficient (Wildman–Crippen LogP) is 1.34. The summed E-state index contributed by atoms with van der Waals surface area (Å²) in [6.45, 7) is 5.19. The zero-order chi connectivity index (χ0) is 17.0. The minimum atomic E-state index is -3.64. The summed E-state index contributed by atoms with van der Waals surface area (Å²) in [5, 5.41) is 10.8. The van der Waals surface area contributed by atoms with Crippen LogP contribution in [0.15, 0.2) is 41.3 Å². The Morgan fingerprint density at radius 3 is 2.09 bits per heavy atom. The zero-order valence-electron chi connectivity index (χ0n) is 12.5. The zero-order valence-corrected chi connectivity index (χ0v) is 13.3. The van der Waals surface area contributed by atoms with Gasteiger partial charge in [0.15, 0.2) is 0 Å². The van der Waals surface area contributed by atoms with Gasteiger partial charge in [-0.1, -0.05) is 0 Å². The molecule has 0 saturated heterocycles. The maximum atomic E-state index is 12.1. The number of rotatable bonds is 5. The molecule has 0 aliphatic rings. The number of carboxylic acid groups (broad SMARTS) is 1. The van der Waals surface area contributed by atoms with Crippen molar-refractivity contribution in [1.82, 2.24) is 4.72 Å². The quantitative estimate of drug-likeness (QED) is 0.707. The van der Waals surface area contributed by atoms with Gasteiger partial charge in [-0.25, -0.2) is 17.9 Å². The molecule has 3 N–H and O–H groups in total. The van der Waals surface area contributed by atoms with Gasteiger partial charge in [-0.2, -0.15) is 0 Å². The van der Waals surface area contributed by atoms with Crippen molar-refractivity contribution in [2.75, 3.05) is 5.32 Å². The van der Waals surface area contributed by atoms with Gasteiger partial charge in [0.1, 0.15) is 0 Å². The van der Waals surface area contributed by atoms with Crippen LogP contribution in [0.25, 0.3) is 0 Å². The molecule has 0 aromatic heterocycles. The average Bonchev–Trinajstić information content (AvgIpc) is 2.34. The number of benzene rings is 1. The normalized spacial score (nSPS) is 12.3. The molecule has 0 fully saturated rings. The van der Waals surface area contributed by atoms with Crippen LogP contribution >= 0.6 is 0 Å². The Hall–Kier alpha value is -2.19. The van der Waals surface area contributed by atoms with Crippen molar-refractivity contribution in [2.45, 2.75) is 31.2 Å². The van der Waals surface area contributed by atoms with Crippen LogP contribution in [0.1, 0.15) is 20.8 Å². The summed E-state index contributed by atoms with van der Waals surface area (Å²) < 4.78 is 26.7. The summed E-state index contributed by atoms with van der Waals surface area (Å²) in [6.07, 6.45) is 1.58. The predicted molar refractivity (Wildman–Crippen MR) is 81.9 cm³/mol. The third kappa shape index (κ3) is 6.06. The van der Waals surface area contributed by atoms with E-state index in [4.69, 9.17) is 5.11 Å². The van der Waals surface area contributed by atoms with Gasteiger partial charge in [0.05, 0.1) is 4.90 Å². The third-order valence-electron chi connectivity index (χ3n) is 2.25. The fraction of sp³-hybridized carbons (Fsp3) is 0.286. The molecule has 1 aromatic carbocycles. The molecule has 0 saturated carbocycles. The summed E-state index contributed by atoms with van der Waals surface area (Å²) >= 11 is 0. The number of sulfonamides is 1. The van der Waals surface area contributed by atoms with Crippen molar-refractivity contribution in [1.29, 1.82) is 0 Å². The van der Waals surface area contributed by atoms with Gasteiger partial charge < -0.3 is 10.4 Å². The van der Waals surface area contributed by atoms with Crippen molar-refractivity contribution in [3.8, 4) is 0 Å². The van der Waals surface area contributed by atoms with Crippen molar-refractivity contribution >= 4 is 27.6 Å². The Balaban J connectivity index is 2.83. The van der Waals surface area contributed by atoms with Crippen LogP contribution in [0.3, 0.4) is 0 Å². The van der Waals surface area contributed by atoms with E-state index in [1.54, 1.807) is 20.8 Å². The van der Waals surface area contributed by atoms with E-state index < -0.39 is 27.4 Å². The van der Waals surface area contributed by atoms with Crippen LogP contribution in [0.2, 0.25) is 0 Å². The fourth-order valence-electron chi connectivity index (χ4n) is 1.51. The van der Waals surface area contributed by atoms with E-state index in [-0.39, 0.29) is 4.90 Å². The van der Waals surface area contributed by atoms with E-state index in [9.17, 15) is 18.0 Å². The van der Waals surface area contributed by atoms with Gasteiger partial charge in [0.2, 0.25) is 15.9 Å². The molecule has 0 spiro atoms. The molecule has 1 rings (SSSR count). The second-order valence-corrected chi connectivity index (χ2v) is 7.22. The highest BCUT2D eigenvalue weighted by molar-refractivity contribution is 7.89. The van der Waals surface area contributed by atoms with Gasteiger partial charge in [0, 0.05) is 23.4 Å².